The number of hydrogen-bond donors (Lipinski definition) is 1. The van der Waals surface area contributed by atoms with E-state index in [0.717, 1.165) is 16.0 Å². The van der Waals surface area contributed by atoms with Crippen molar-refractivity contribution in [2.75, 3.05) is 0 Å². The number of benzene rings is 1. The van der Waals surface area contributed by atoms with Crippen molar-refractivity contribution >= 4 is 22.3 Å². The third kappa shape index (κ3) is 1.85. The number of rotatable bonds is 2. The molecule has 0 amide bonds. The fourth-order valence-electron chi connectivity index (χ4n) is 1.79. The van der Waals surface area contributed by atoms with E-state index in [-0.39, 0.29) is 0 Å². The van der Waals surface area contributed by atoms with Gasteiger partial charge in [-0.1, -0.05) is 18.2 Å². The quantitative estimate of drug-likeness (QED) is 0.753. The number of aromatic nitrogens is 1. The highest BCUT2D eigenvalue weighted by Gasteiger charge is 2.17. The Morgan fingerprint density at radius 3 is 2.88 bits per heavy atom. The number of thiazole rings is 1. The number of fused-ring (bicyclic) bond motifs is 1. The Balaban J connectivity index is 2.03. The van der Waals surface area contributed by atoms with Crippen molar-refractivity contribution in [2.45, 2.75) is 13.0 Å². The second-order valence-electron chi connectivity index (χ2n) is 3.88. The predicted octanol–water partition coefficient (Wildman–Crippen LogP) is 3.28. The largest absolute Gasteiger partial charge is 0.458 e. The monoisotopic (exact) mass is 245 g/mol. The van der Waals surface area contributed by atoms with Crippen LogP contribution in [-0.4, -0.2) is 10.1 Å². The molecule has 1 aromatic carbocycles. The molecular formula is C13H11NO2S. The minimum Gasteiger partial charge on any atom is -0.458 e. The van der Waals surface area contributed by atoms with E-state index in [1.807, 2.05) is 42.6 Å². The van der Waals surface area contributed by atoms with E-state index in [4.69, 9.17) is 4.42 Å². The van der Waals surface area contributed by atoms with Crippen LogP contribution in [0.2, 0.25) is 0 Å². The molecule has 0 bridgehead atoms. The summed E-state index contributed by atoms with van der Waals surface area (Å²) in [5.41, 5.74) is 1.43. The smallest absolute Gasteiger partial charge is 0.154 e. The first kappa shape index (κ1) is 10.5. The molecule has 1 N–H and O–H groups in total. The molecule has 17 heavy (non-hydrogen) atoms. The van der Waals surface area contributed by atoms with E-state index < -0.39 is 6.10 Å². The molecule has 0 spiro atoms. The van der Waals surface area contributed by atoms with Gasteiger partial charge in [-0.15, -0.1) is 11.3 Å². The zero-order valence-electron chi connectivity index (χ0n) is 9.25. The van der Waals surface area contributed by atoms with Crippen LogP contribution in [0.1, 0.15) is 22.6 Å². The number of aryl methyl sites for hydroxylation is 1. The molecule has 0 aliphatic heterocycles. The van der Waals surface area contributed by atoms with Crippen LogP contribution in [0.25, 0.3) is 11.0 Å². The molecule has 1 unspecified atom stereocenters. The van der Waals surface area contributed by atoms with Gasteiger partial charge in [-0.3, -0.25) is 0 Å². The van der Waals surface area contributed by atoms with E-state index in [9.17, 15) is 5.11 Å². The summed E-state index contributed by atoms with van der Waals surface area (Å²) >= 11 is 1.52. The molecule has 2 heterocycles. The average Bonchev–Trinajstić information content (AvgIpc) is 2.93. The Kier molecular flexibility index (Phi) is 2.46. The van der Waals surface area contributed by atoms with Crippen molar-refractivity contribution in [3.63, 3.8) is 0 Å². The molecule has 3 rings (SSSR count). The maximum absolute atomic E-state index is 10.2. The fraction of sp³-hybridized carbons (Fsp3) is 0.154. The standard InChI is InChI=1S/C13H11NO2S/c1-8-14-10(7-17-8)13(15)12-6-9-4-2-3-5-11(9)16-12/h2-7,13,15H,1H3. The van der Waals surface area contributed by atoms with Crippen LogP contribution >= 0.6 is 11.3 Å². The zero-order chi connectivity index (χ0) is 11.8. The van der Waals surface area contributed by atoms with E-state index in [2.05, 4.69) is 4.98 Å². The van der Waals surface area contributed by atoms with Gasteiger partial charge >= 0.3 is 0 Å². The lowest BCUT2D eigenvalue weighted by atomic mass is 10.2. The predicted molar refractivity (Wildman–Crippen MR) is 67.1 cm³/mol. The lowest BCUT2D eigenvalue weighted by molar-refractivity contribution is 0.188. The Hall–Kier alpha value is -1.65. The minimum atomic E-state index is -0.785. The lowest BCUT2D eigenvalue weighted by Gasteiger charge is -2.02. The SMILES string of the molecule is Cc1nc(C(O)c2cc3ccccc3o2)cs1. The summed E-state index contributed by atoms with van der Waals surface area (Å²) in [5.74, 6) is 0.538. The maximum Gasteiger partial charge on any atom is 0.154 e. The normalized spacial score (nSPS) is 13.1. The molecule has 86 valence electrons. The minimum absolute atomic E-state index is 0.538. The molecule has 0 radical (unpaired) electrons. The third-order valence-electron chi connectivity index (χ3n) is 2.63. The molecule has 1 atom stereocenters. The number of aliphatic hydroxyl groups is 1. The van der Waals surface area contributed by atoms with E-state index >= 15 is 0 Å². The second kappa shape index (κ2) is 3.98. The summed E-state index contributed by atoms with van der Waals surface area (Å²) in [7, 11) is 0. The van der Waals surface area contributed by atoms with Crippen LogP contribution in [0.5, 0.6) is 0 Å². The van der Waals surface area contributed by atoms with Crippen LogP contribution in [0.4, 0.5) is 0 Å². The summed E-state index contributed by atoms with van der Waals surface area (Å²) in [6.07, 6.45) is -0.785. The van der Waals surface area contributed by atoms with Crippen LogP contribution < -0.4 is 0 Å². The Morgan fingerprint density at radius 2 is 2.18 bits per heavy atom. The Labute approximate surface area is 102 Å². The molecule has 2 aromatic heterocycles. The molecule has 0 aliphatic carbocycles. The molecule has 0 saturated carbocycles. The summed E-state index contributed by atoms with van der Waals surface area (Å²) < 4.78 is 5.61. The lowest BCUT2D eigenvalue weighted by Crippen LogP contribution is -1.98. The van der Waals surface area contributed by atoms with Gasteiger partial charge in [-0.05, 0) is 19.1 Å². The summed E-state index contributed by atoms with van der Waals surface area (Å²) in [6.45, 7) is 1.92. The highest BCUT2D eigenvalue weighted by molar-refractivity contribution is 7.09. The Bertz CT molecular complexity index is 623. The van der Waals surface area contributed by atoms with Crippen molar-refractivity contribution in [1.29, 1.82) is 0 Å². The maximum atomic E-state index is 10.2. The van der Waals surface area contributed by atoms with E-state index in [1.54, 1.807) is 0 Å². The number of hydrogen-bond acceptors (Lipinski definition) is 4. The average molecular weight is 245 g/mol. The van der Waals surface area contributed by atoms with Gasteiger partial charge < -0.3 is 9.52 Å². The van der Waals surface area contributed by atoms with Gasteiger partial charge in [0, 0.05) is 10.8 Å². The van der Waals surface area contributed by atoms with Crippen molar-refractivity contribution < 1.29 is 9.52 Å². The molecule has 0 fully saturated rings. The summed E-state index contributed by atoms with van der Waals surface area (Å²) in [4.78, 5) is 4.27. The van der Waals surface area contributed by atoms with Gasteiger partial charge in [0.2, 0.25) is 0 Å². The molecular weight excluding hydrogens is 234 g/mol. The number of nitrogens with zero attached hydrogens (tertiary/aromatic N) is 1. The van der Waals surface area contributed by atoms with Gasteiger partial charge in [0.05, 0.1) is 10.7 Å². The van der Waals surface area contributed by atoms with Gasteiger partial charge in [0.15, 0.2) is 6.10 Å². The first-order chi connectivity index (χ1) is 8.24. The first-order valence-corrected chi connectivity index (χ1v) is 6.20. The number of furan rings is 1. The number of aliphatic hydroxyl groups excluding tert-OH is 1. The first-order valence-electron chi connectivity index (χ1n) is 5.32. The zero-order valence-corrected chi connectivity index (χ0v) is 10.1. The molecule has 3 aromatic rings. The van der Waals surface area contributed by atoms with E-state index in [0.29, 0.717) is 11.5 Å². The summed E-state index contributed by atoms with van der Waals surface area (Å²) in [5, 5.41) is 13.9. The van der Waals surface area contributed by atoms with Gasteiger partial charge in [0.1, 0.15) is 11.3 Å². The molecule has 0 saturated heterocycles. The van der Waals surface area contributed by atoms with Gasteiger partial charge in [-0.25, -0.2) is 4.98 Å². The highest BCUT2D eigenvalue weighted by atomic mass is 32.1. The second-order valence-corrected chi connectivity index (χ2v) is 4.94. The molecule has 4 heteroatoms. The van der Waals surface area contributed by atoms with Crippen molar-refractivity contribution in [1.82, 2.24) is 4.98 Å². The fourth-order valence-corrected chi connectivity index (χ4v) is 2.42. The Morgan fingerprint density at radius 1 is 1.35 bits per heavy atom. The topological polar surface area (TPSA) is 46.3 Å². The van der Waals surface area contributed by atoms with Gasteiger partial charge in [0.25, 0.3) is 0 Å². The van der Waals surface area contributed by atoms with E-state index in [1.165, 1.54) is 11.3 Å². The van der Waals surface area contributed by atoms with Gasteiger partial charge in [-0.2, -0.15) is 0 Å². The highest BCUT2D eigenvalue weighted by Crippen LogP contribution is 2.28. The third-order valence-corrected chi connectivity index (χ3v) is 3.42. The van der Waals surface area contributed by atoms with Crippen molar-refractivity contribution in [3.8, 4) is 0 Å². The molecule has 0 aliphatic rings. The molecule has 3 nitrogen and oxygen atoms in total. The van der Waals surface area contributed by atoms with Crippen LogP contribution in [0.3, 0.4) is 0 Å². The number of para-hydroxylation sites is 1. The summed E-state index contributed by atoms with van der Waals surface area (Å²) in [6, 6.07) is 9.56. The van der Waals surface area contributed by atoms with Crippen LogP contribution in [0, 0.1) is 6.92 Å². The van der Waals surface area contributed by atoms with Crippen molar-refractivity contribution in [2.24, 2.45) is 0 Å². The van der Waals surface area contributed by atoms with Crippen molar-refractivity contribution in [3.05, 3.63) is 52.2 Å². The van der Waals surface area contributed by atoms with Crippen LogP contribution in [0.15, 0.2) is 40.1 Å². The van der Waals surface area contributed by atoms with Crippen LogP contribution in [-0.2, 0) is 0 Å².